The Kier molecular flexibility index (Phi) is 27.7. The number of fused-ring (bicyclic) bond motifs is 4. The van der Waals surface area contributed by atoms with Crippen molar-refractivity contribution in [2.24, 2.45) is 5.41 Å². The van der Waals surface area contributed by atoms with Crippen LogP contribution < -0.4 is 21.3 Å². The molecule has 0 fully saturated rings. The van der Waals surface area contributed by atoms with E-state index in [2.05, 4.69) is 41.2 Å². The molecule has 0 saturated heterocycles. The number of aromatic amines is 4. The third-order valence-corrected chi connectivity index (χ3v) is 20.7. The highest BCUT2D eigenvalue weighted by molar-refractivity contribution is 6.02. The van der Waals surface area contributed by atoms with E-state index in [1.807, 2.05) is 24.3 Å². The summed E-state index contributed by atoms with van der Waals surface area (Å²) in [5.74, 6) is -12.9. The van der Waals surface area contributed by atoms with Crippen LogP contribution in [0, 0.1) is 5.41 Å². The lowest BCUT2D eigenvalue weighted by molar-refractivity contribution is -0.142. The number of aromatic carboxylic acids is 4. The Morgan fingerprint density at radius 1 is 0.281 bits per heavy atom. The number of aliphatic carboxylic acids is 4. The zero-order chi connectivity index (χ0) is 86.0. The van der Waals surface area contributed by atoms with Gasteiger partial charge in [-0.15, -0.1) is 0 Å². The van der Waals surface area contributed by atoms with E-state index in [0.29, 0.717) is 110 Å². The molecule has 32 nitrogen and oxygen atoms in total. The summed E-state index contributed by atoms with van der Waals surface area (Å²) >= 11 is 0. The molecule has 121 heavy (non-hydrogen) atoms. The summed E-state index contributed by atoms with van der Waals surface area (Å²) in [6.07, 6.45) is 4.00. The molecule has 32 heteroatoms. The summed E-state index contributed by atoms with van der Waals surface area (Å²) < 4.78 is 24.8. The quantitative estimate of drug-likeness (QED) is 0.0158. The predicted octanol–water partition coefficient (Wildman–Crippen LogP) is 10.2. The van der Waals surface area contributed by atoms with Crippen molar-refractivity contribution in [2.45, 2.75) is 75.5 Å². The third kappa shape index (κ3) is 21.4. The molecule has 4 aromatic heterocycles. The Hall–Kier alpha value is -14.6. The normalized spacial score (nSPS) is 12.9. The summed E-state index contributed by atoms with van der Waals surface area (Å²) in [6, 6.07) is 40.3. The van der Waals surface area contributed by atoms with Gasteiger partial charge in [0.15, 0.2) is 0 Å². The average molecular weight is 1650 g/mol. The van der Waals surface area contributed by atoms with Crippen LogP contribution >= 0.6 is 0 Å². The van der Waals surface area contributed by atoms with Crippen LogP contribution in [0.25, 0.3) is 88.1 Å². The van der Waals surface area contributed by atoms with Crippen molar-refractivity contribution < 1.29 is 117 Å². The molecule has 12 rings (SSSR count). The van der Waals surface area contributed by atoms with E-state index in [-0.39, 0.29) is 74.4 Å². The number of carbonyl (C=O) groups is 12. The second-order valence-electron chi connectivity index (χ2n) is 29.1. The lowest BCUT2D eigenvalue weighted by atomic mass is 9.92. The van der Waals surface area contributed by atoms with Crippen LogP contribution in [-0.2, 0) is 83.0 Å². The van der Waals surface area contributed by atoms with Gasteiger partial charge in [-0.3, -0.25) is 19.2 Å². The van der Waals surface area contributed by atoms with E-state index in [0.717, 1.165) is 0 Å². The van der Waals surface area contributed by atoms with Gasteiger partial charge in [-0.05, 0) is 93.0 Å². The number of nitrogens with one attached hydrogen (secondary N) is 8. The van der Waals surface area contributed by atoms with Gasteiger partial charge in [0.1, 0.15) is 24.2 Å². The Morgan fingerprint density at radius 2 is 0.479 bits per heavy atom. The SMILES string of the molecule is O=C(CCOCC(COCCC(=O)NC(Cc1c[nH]c2c(-c3ccc(C(=O)O)cc3)cccc12)C(=O)O)(COCCC(=O)NC(Cc1c[nH]c2c(-c3ccc(C(=O)O)cc3)cccc12)C(=O)O)COCCC(=O)NC(Cc1c[nH]c2c(-c3ccc(C(=O)O)cc3)cccc12)C(=O)O)NC(Cc1c[nH]c2c(-c3ccc(C(=O)O)cc3)cccc12)C(=O)O. The number of aromatic nitrogens is 4. The standard InChI is InChI=1S/C89H84N8O24/c98-73(94-69(85(110)111)37-57-41-90-77-61(5-1-9-65(57)77)49-13-21-53(22-14-49)81(102)103)29-33-118-45-89(46-119-34-30-74(99)95-70(86(112)113)38-58-42-91-78-62(6-2-10-66(58)78)50-15-23-54(24-16-50)82(104)105,47-120-35-31-75(100)96-71(87(114)115)39-59-43-92-79-63(7-3-11-67(59)79)51-17-25-55(26-18-51)83(106)107)48-121-36-32-76(101)97-72(88(116)117)40-60-44-93-80-64(8-4-12-68(60)80)52-19-27-56(28-20-52)84(108)109/h1-28,41-44,69-72,90-93H,29-40,45-48H2,(H,94,98)(H,95,99)(H,96,100)(H,97,101)(H,102,103)(H,104,105)(H,106,107)(H,108,109)(H,110,111)(H,112,113)(H,114,115)(H,116,117). The van der Waals surface area contributed by atoms with Gasteiger partial charge in [-0.25, -0.2) is 38.4 Å². The number of carboxylic acids is 8. The number of carboxylic acid groups (broad SMARTS) is 8. The molecule has 8 aromatic carbocycles. The molecule has 0 aliphatic heterocycles. The maximum atomic E-state index is 13.8. The molecule has 0 aliphatic rings. The molecule has 0 bridgehead atoms. The summed E-state index contributed by atoms with van der Waals surface area (Å²) in [5.41, 5.74) is 8.98. The molecule has 0 radical (unpaired) electrons. The molecule has 4 unspecified atom stereocenters. The molecule has 4 atom stereocenters. The number of ether oxygens (including phenoxy) is 4. The highest BCUT2D eigenvalue weighted by atomic mass is 16.5. The van der Waals surface area contributed by atoms with Gasteiger partial charge in [-0.1, -0.05) is 121 Å². The lowest BCUT2D eigenvalue weighted by Crippen LogP contribution is -2.45. The van der Waals surface area contributed by atoms with E-state index in [1.165, 1.54) is 48.5 Å². The predicted molar refractivity (Wildman–Crippen MR) is 440 cm³/mol. The van der Waals surface area contributed by atoms with Crippen molar-refractivity contribution in [3.63, 3.8) is 0 Å². The van der Waals surface area contributed by atoms with Crippen molar-refractivity contribution in [2.75, 3.05) is 52.9 Å². The molecule has 4 amide bonds. The Labute approximate surface area is 687 Å². The first-order chi connectivity index (χ1) is 58.2. The minimum absolute atomic E-state index is 0.0815. The highest BCUT2D eigenvalue weighted by Gasteiger charge is 2.35. The molecular formula is C89H84N8O24. The van der Waals surface area contributed by atoms with E-state index in [9.17, 15) is 98.4 Å². The Morgan fingerprint density at radius 3 is 0.661 bits per heavy atom. The maximum Gasteiger partial charge on any atom is 0.335 e. The Balaban J connectivity index is 0.752. The summed E-state index contributed by atoms with van der Waals surface area (Å²) in [4.78, 5) is 166. The first-order valence-corrected chi connectivity index (χ1v) is 38.3. The minimum Gasteiger partial charge on any atom is -0.480 e. The van der Waals surface area contributed by atoms with Crippen molar-refractivity contribution in [1.29, 1.82) is 0 Å². The van der Waals surface area contributed by atoms with Gasteiger partial charge < -0.3 is 101 Å². The fourth-order valence-corrected chi connectivity index (χ4v) is 14.5. The number of carbonyl (C=O) groups excluding carboxylic acids is 4. The molecule has 4 heterocycles. The van der Waals surface area contributed by atoms with Gasteiger partial charge in [0.2, 0.25) is 23.6 Å². The first kappa shape index (κ1) is 85.8. The van der Waals surface area contributed by atoms with Gasteiger partial charge in [0, 0.05) is 120 Å². The topological polar surface area (TPSA) is 515 Å². The van der Waals surface area contributed by atoms with Crippen LogP contribution in [-0.4, -0.2) is 209 Å². The zero-order valence-corrected chi connectivity index (χ0v) is 64.7. The molecule has 0 saturated carbocycles. The fraction of sp³-hybridized carbons (Fsp3) is 0.236. The molecule has 16 N–H and O–H groups in total. The molecule has 0 spiro atoms. The summed E-state index contributed by atoms with van der Waals surface area (Å²) in [5, 5.41) is 92.6. The second-order valence-corrected chi connectivity index (χ2v) is 29.1. The van der Waals surface area contributed by atoms with E-state index < -0.39 is 153 Å². The van der Waals surface area contributed by atoms with Crippen LogP contribution in [0.4, 0.5) is 0 Å². The average Bonchev–Trinajstić information content (AvgIpc) is 1.66. The zero-order valence-electron chi connectivity index (χ0n) is 64.7. The first-order valence-electron chi connectivity index (χ1n) is 38.3. The molecule has 624 valence electrons. The number of hydrogen-bond acceptors (Lipinski definition) is 16. The van der Waals surface area contributed by atoms with E-state index in [1.54, 1.807) is 122 Å². The number of para-hydroxylation sites is 4. The maximum absolute atomic E-state index is 13.8. The van der Waals surface area contributed by atoms with E-state index >= 15 is 0 Å². The minimum atomic E-state index is -1.53. The summed E-state index contributed by atoms with van der Waals surface area (Å²) in [7, 11) is 0. The van der Waals surface area contributed by atoms with Crippen LogP contribution in [0.15, 0.2) is 195 Å². The van der Waals surface area contributed by atoms with Crippen LogP contribution in [0.3, 0.4) is 0 Å². The number of rotatable bonds is 44. The second kappa shape index (κ2) is 39.1. The van der Waals surface area contributed by atoms with Gasteiger partial charge in [0.25, 0.3) is 0 Å². The Bertz CT molecular complexity index is 5150. The van der Waals surface area contributed by atoms with Crippen molar-refractivity contribution in [1.82, 2.24) is 41.2 Å². The van der Waals surface area contributed by atoms with Crippen LogP contribution in [0.2, 0.25) is 0 Å². The largest absolute Gasteiger partial charge is 0.480 e. The molecule has 12 aromatic rings. The monoisotopic (exact) mass is 1650 g/mol. The number of hydrogen-bond donors (Lipinski definition) is 16. The highest BCUT2D eigenvalue weighted by Crippen LogP contribution is 2.36. The van der Waals surface area contributed by atoms with Gasteiger partial charge >= 0.3 is 47.8 Å². The third-order valence-electron chi connectivity index (χ3n) is 20.7. The number of benzene rings is 8. The van der Waals surface area contributed by atoms with Crippen LogP contribution in [0.5, 0.6) is 0 Å². The molecular weight excluding hydrogens is 1570 g/mol. The van der Waals surface area contributed by atoms with Crippen molar-refractivity contribution in [3.05, 3.63) is 239 Å². The van der Waals surface area contributed by atoms with Crippen molar-refractivity contribution >= 4 is 115 Å². The number of H-pyrrole nitrogens is 4. The lowest BCUT2D eigenvalue weighted by Gasteiger charge is -2.33. The van der Waals surface area contributed by atoms with Gasteiger partial charge in [0.05, 0.1) is 103 Å². The van der Waals surface area contributed by atoms with E-state index in [4.69, 9.17) is 18.9 Å². The van der Waals surface area contributed by atoms with Gasteiger partial charge in [-0.2, -0.15) is 0 Å². The number of amides is 4. The van der Waals surface area contributed by atoms with Crippen LogP contribution in [0.1, 0.15) is 89.4 Å². The molecule has 0 aliphatic carbocycles. The van der Waals surface area contributed by atoms with Crippen molar-refractivity contribution in [3.8, 4) is 44.5 Å². The summed E-state index contributed by atoms with van der Waals surface area (Å²) in [6.45, 7) is -3.25. The smallest absolute Gasteiger partial charge is 0.335 e. The fourth-order valence-electron chi connectivity index (χ4n) is 14.5.